The summed E-state index contributed by atoms with van der Waals surface area (Å²) in [4.78, 5) is 4.36. The summed E-state index contributed by atoms with van der Waals surface area (Å²) in [5.41, 5.74) is 7.92. The van der Waals surface area contributed by atoms with Crippen molar-refractivity contribution in [3.05, 3.63) is 42.1 Å². The van der Waals surface area contributed by atoms with Gasteiger partial charge in [-0.15, -0.1) is 0 Å². The van der Waals surface area contributed by atoms with Crippen LogP contribution in [0.2, 0.25) is 0 Å². The zero-order valence-electron chi connectivity index (χ0n) is 9.96. The molecule has 1 aromatic carbocycles. The Labute approximate surface area is 100 Å². The van der Waals surface area contributed by atoms with E-state index in [-0.39, 0.29) is 6.04 Å². The molecule has 1 aromatic heterocycles. The van der Waals surface area contributed by atoms with Crippen molar-refractivity contribution < 1.29 is 9.47 Å². The second kappa shape index (κ2) is 5.23. The van der Waals surface area contributed by atoms with E-state index in [4.69, 9.17) is 15.2 Å². The Morgan fingerprint density at radius 1 is 1.18 bits per heavy atom. The Morgan fingerprint density at radius 3 is 2.59 bits per heavy atom. The third-order valence-electron chi connectivity index (χ3n) is 2.75. The molecule has 0 saturated heterocycles. The Kier molecular flexibility index (Phi) is 3.68. The lowest BCUT2D eigenvalue weighted by Crippen LogP contribution is -2.29. The molecule has 17 heavy (non-hydrogen) atoms. The number of hydrogen-bond donors (Lipinski definition) is 1. The summed E-state index contributed by atoms with van der Waals surface area (Å²) in [7, 11) is 3.14. The lowest BCUT2D eigenvalue weighted by molar-refractivity contribution is -0.117. The lowest BCUT2D eigenvalue weighted by Gasteiger charge is -2.21. The van der Waals surface area contributed by atoms with Crippen LogP contribution in [0.15, 0.2) is 36.5 Å². The monoisotopic (exact) mass is 232 g/mol. The van der Waals surface area contributed by atoms with Crippen LogP contribution in [-0.2, 0) is 9.47 Å². The molecule has 0 radical (unpaired) electrons. The van der Waals surface area contributed by atoms with Gasteiger partial charge in [0.05, 0.1) is 11.6 Å². The summed E-state index contributed by atoms with van der Waals surface area (Å²) in [6, 6.07) is 9.58. The lowest BCUT2D eigenvalue weighted by atomic mass is 10.1. The Morgan fingerprint density at radius 2 is 1.88 bits per heavy atom. The molecule has 0 aliphatic heterocycles. The number of nitrogens with two attached hydrogens (primary N) is 1. The van der Waals surface area contributed by atoms with E-state index in [2.05, 4.69) is 4.98 Å². The molecule has 90 valence electrons. The van der Waals surface area contributed by atoms with Crippen molar-refractivity contribution in [1.29, 1.82) is 0 Å². The first-order valence-corrected chi connectivity index (χ1v) is 5.42. The molecule has 2 N–H and O–H groups in total. The van der Waals surface area contributed by atoms with Gasteiger partial charge in [0.25, 0.3) is 0 Å². The second-order valence-corrected chi connectivity index (χ2v) is 3.83. The SMILES string of the molecule is COC(OC)C(N)c1cnc2ccccc2c1. The molecular weight excluding hydrogens is 216 g/mol. The number of para-hydroxylation sites is 1. The first-order chi connectivity index (χ1) is 8.26. The molecule has 0 amide bonds. The smallest absolute Gasteiger partial charge is 0.176 e. The zero-order valence-corrected chi connectivity index (χ0v) is 9.96. The average Bonchev–Trinajstić information content (AvgIpc) is 2.39. The van der Waals surface area contributed by atoms with Crippen LogP contribution < -0.4 is 5.73 Å². The van der Waals surface area contributed by atoms with Gasteiger partial charge in [-0.2, -0.15) is 0 Å². The van der Waals surface area contributed by atoms with E-state index >= 15 is 0 Å². The third-order valence-corrected chi connectivity index (χ3v) is 2.75. The highest BCUT2D eigenvalue weighted by molar-refractivity contribution is 5.78. The highest BCUT2D eigenvalue weighted by Gasteiger charge is 2.18. The first kappa shape index (κ1) is 12.0. The molecule has 0 aliphatic carbocycles. The van der Waals surface area contributed by atoms with Gasteiger partial charge < -0.3 is 15.2 Å². The number of fused-ring (bicyclic) bond motifs is 1. The largest absolute Gasteiger partial charge is 0.354 e. The van der Waals surface area contributed by atoms with Crippen molar-refractivity contribution in [3.63, 3.8) is 0 Å². The van der Waals surface area contributed by atoms with Gasteiger partial charge in [0, 0.05) is 25.8 Å². The van der Waals surface area contributed by atoms with Gasteiger partial charge in [0.15, 0.2) is 6.29 Å². The van der Waals surface area contributed by atoms with Crippen molar-refractivity contribution in [1.82, 2.24) is 4.98 Å². The molecule has 1 heterocycles. The molecule has 0 saturated carbocycles. The van der Waals surface area contributed by atoms with Crippen LogP contribution in [0.1, 0.15) is 11.6 Å². The number of hydrogen-bond acceptors (Lipinski definition) is 4. The number of benzene rings is 1. The molecule has 0 spiro atoms. The summed E-state index contributed by atoms with van der Waals surface area (Å²) in [5, 5.41) is 1.06. The molecule has 4 heteroatoms. The maximum atomic E-state index is 6.06. The van der Waals surface area contributed by atoms with Crippen molar-refractivity contribution in [3.8, 4) is 0 Å². The van der Waals surface area contributed by atoms with Gasteiger partial charge in [-0.05, 0) is 17.7 Å². The van der Waals surface area contributed by atoms with E-state index in [9.17, 15) is 0 Å². The highest BCUT2D eigenvalue weighted by Crippen LogP contribution is 2.20. The molecule has 2 rings (SSSR count). The maximum Gasteiger partial charge on any atom is 0.176 e. The second-order valence-electron chi connectivity index (χ2n) is 3.83. The van der Waals surface area contributed by atoms with Gasteiger partial charge in [-0.3, -0.25) is 4.98 Å². The fourth-order valence-corrected chi connectivity index (χ4v) is 1.82. The quantitative estimate of drug-likeness (QED) is 0.817. The topological polar surface area (TPSA) is 57.4 Å². The minimum atomic E-state index is -0.460. The van der Waals surface area contributed by atoms with Crippen molar-refractivity contribution >= 4 is 10.9 Å². The van der Waals surface area contributed by atoms with Crippen LogP contribution in [0.25, 0.3) is 10.9 Å². The molecular formula is C13H16N2O2. The summed E-state index contributed by atoms with van der Waals surface area (Å²) >= 11 is 0. The predicted octanol–water partition coefficient (Wildman–Crippen LogP) is 1.85. The third kappa shape index (κ3) is 2.44. The number of pyridine rings is 1. The van der Waals surface area contributed by atoms with Crippen molar-refractivity contribution in [2.75, 3.05) is 14.2 Å². The summed E-state index contributed by atoms with van der Waals surface area (Å²) in [6.07, 6.45) is 1.30. The number of aromatic nitrogens is 1. The molecule has 2 aromatic rings. The van der Waals surface area contributed by atoms with Crippen LogP contribution in [0.5, 0.6) is 0 Å². The van der Waals surface area contributed by atoms with Crippen LogP contribution in [-0.4, -0.2) is 25.5 Å². The van der Waals surface area contributed by atoms with E-state index in [1.54, 1.807) is 20.4 Å². The van der Waals surface area contributed by atoms with E-state index in [0.29, 0.717) is 0 Å². The van der Waals surface area contributed by atoms with Gasteiger partial charge in [0.2, 0.25) is 0 Å². The molecule has 1 unspecified atom stereocenters. The summed E-state index contributed by atoms with van der Waals surface area (Å²) < 4.78 is 10.3. The van der Waals surface area contributed by atoms with Crippen LogP contribution in [0.3, 0.4) is 0 Å². The van der Waals surface area contributed by atoms with Gasteiger partial charge in [-0.25, -0.2) is 0 Å². The highest BCUT2D eigenvalue weighted by atomic mass is 16.7. The average molecular weight is 232 g/mol. The minimum absolute atomic E-state index is 0.345. The number of ether oxygens (including phenoxy) is 2. The standard InChI is InChI=1S/C13H16N2O2/c1-16-13(17-2)12(14)10-7-9-5-3-4-6-11(9)15-8-10/h3-8,12-13H,14H2,1-2H3. The zero-order chi connectivity index (χ0) is 12.3. The fraction of sp³-hybridized carbons (Fsp3) is 0.308. The summed E-state index contributed by atoms with van der Waals surface area (Å²) in [5.74, 6) is 0. The Balaban J connectivity index is 2.35. The van der Waals surface area contributed by atoms with E-state index < -0.39 is 6.29 Å². The number of nitrogens with zero attached hydrogens (tertiary/aromatic N) is 1. The Hall–Kier alpha value is -1.49. The molecule has 0 fully saturated rings. The summed E-state index contributed by atoms with van der Waals surface area (Å²) in [6.45, 7) is 0. The van der Waals surface area contributed by atoms with Crippen LogP contribution in [0, 0.1) is 0 Å². The minimum Gasteiger partial charge on any atom is -0.354 e. The van der Waals surface area contributed by atoms with Gasteiger partial charge >= 0.3 is 0 Å². The van der Waals surface area contributed by atoms with Crippen molar-refractivity contribution in [2.45, 2.75) is 12.3 Å². The predicted molar refractivity (Wildman–Crippen MR) is 66.5 cm³/mol. The number of rotatable bonds is 4. The first-order valence-electron chi connectivity index (χ1n) is 5.42. The normalized spacial score (nSPS) is 13.2. The van der Waals surface area contributed by atoms with Gasteiger partial charge in [-0.1, -0.05) is 18.2 Å². The van der Waals surface area contributed by atoms with Crippen LogP contribution >= 0.6 is 0 Å². The van der Waals surface area contributed by atoms with Crippen LogP contribution in [0.4, 0.5) is 0 Å². The van der Waals surface area contributed by atoms with Gasteiger partial charge in [0.1, 0.15) is 0 Å². The molecule has 1 atom stereocenters. The fourth-order valence-electron chi connectivity index (χ4n) is 1.82. The Bertz CT molecular complexity index is 497. The maximum absolute atomic E-state index is 6.06. The molecule has 0 bridgehead atoms. The molecule has 0 aliphatic rings. The van der Waals surface area contributed by atoms with E-state index in [1.165, 1.54) is 0 Å². The molecule has 4 nitrogen and oxygen atoms in total. The van der Waals surface area contributed by atoms with E-state index in [0.717, 1.165) is 16.5 Å². The van der Waals surface area contributed by atoms with E-state index in [1.807, 2.05) is 30.3 Å². The van der Waals surface area contributed by atoms with Crippen molar-refractivity contribution in [2.24, 2.45) is 5.73 Å². The number of methoxy groups -OCH3 is 2.